The third-order valence-corrected chi connectivity index (χ3v) is 4.72. The number of nitrogens with two attached hydrogens (primary N) is 1. The molecule has 1 aliphatic heterocycles. The summed E-state index contributed by atoms with van der Waals surface area (Å²) in [6.45, 7) is 1.57. The largest absolute Gasteiger partial charge is 0.497 e. The Bertz CT molecular complexity index is 533. The molecule has 2 N–H and O–H groups in total. The number of nitrogens with zero attached hydrogens (tertiary/aromatic N) is 1. The molecule has 1 saturated heterocycles. The molecule has 1 heterocycles. The van der Waals surface area contributed by atoms with Crippen LogP contribution in [0.1, 0.15) is 56.6 Å². The molecule has 5 nitrogen and oxygen atoms in total. The highest BCUT2D eigenvalue weighted by Crippen LogP contribution is 2.39. The summed E-state index contributed by atoms with van der Waals surface area (Å²) >= 11 is 0. The lowest BCUT2D eigenvalue weighted by molar-refractivity contribution is -0.132. The number of hydrogen-bond donors (Lipinski definition) is 1. The van der Waals surface area contributed by atoms with Crippen LogP contribution in [-0.2, 0) is 4.79 Å². The van der Waals surface area contributed by atoms with E-state index in [4.69, 9.17) is 15.2 Å². The minimum absolute atomic E-state index is 0.113. The lowest BCUT2D eigenvalue weighted by Gasteiger charge is -2.26. The van der Waals surface area contributed by atoms with Gasteiger partial charge in [-0.05, 0) is 44.4 Å². The molecule has 1 atom stereocenters. The second-order valence-electron chi connectivity index (χ2n) is 6.31. The summed E-state index contributed by atoms with van der Waals surface area (Å²) in [5.74, 6) is 1.82. The normalized spacial score (nSPS) is 17.1. The molecule has 0 saturated carbocycles. The van der Waals surface area contributed by atoms with Crippen molar-refractivity contribution in [2.24, 2.45) is 5.73 Å². The highest BCUT2D eigenvalue weighted by molar-refractivity contribution is 5.77. The second kappa shape index (κ2) is 9.52. The highest BCUT2D eigenvalue weighted by Gasteiger charge is 2.31. The van der Waals surface area contributed by atoms with E-state index in [1.807, 2.05) is 23.1 Å². The van der Waals surface area contributed by atoms with Crippen molar-refractivity contribution < 1.29 is 14.3 Å². The van der Waals surface area contributed by atoms with Crippen molar-refractivity contribution >= 4 is 5.91 Å². The van der Waals surface area contributed by atoms with Crippen LogP contribution in [0.15, 0.2) is 18.2 Å². The molecule has 1 fully saturated rings. The monoisotopic (exact) mass is 334 g/mol. The van der Waals surface area contributed by atoms with E-state index in [1.165, 1.54) is 0 Å². The first kappa shape index (κ1) is 18.6. The van der Waals surface area contributed by atoms with Gasteiger partial charge >= 0.3 is 0 Å². The summed E-state index contributed by atoms with van der Waals surface area (Å²) in [6.07, 6.45) is 6.83. The van der Waals surface area contributed by atoms with Crippen LogP contribution in [0.3, 0.4) is 0 Å². The van der Waals surface area contributed by atoms with Gasteiger partial charge in [0, 0.05) is 24.6 Å². The fourth-order valence-corrected chi connectivity index (χ4v) is 3.40. The van der Waals surface area contributed by atoms with Gasteiger partial charge in [0.2, 0.25) is 5.91 Å². The SMILES string of the molecule is COc1ccc(C2CCCN2C(=O)CCCCCCN)c(OC)c1. The van der Waals surface area contributed by atoms with E-state index in [2.05, 4.69) is 0 Å². The standard InChI is InChI=1S/C19H30N2O3/c1-23-15-10-11-16(18(14-15)24-2)17-8-7-13-21(17)19(22)9-5-3-4-6-12-20/h10-11,14,17H,3-9,12-13,20H2,1-2H3. The van der Waals surface area contributed by atoms with Gasteiger partial charge in [0.1, 0.15) is 11.5 Å². The minimum Gasteiger partial charge on any atom is -0.497 e. The molecular weight excluding hydrogens is 304 g/mol. The molecular formula is C19H30N2O3. The molecule has 0 aliphatic carbocycles. The van der Waals surface area contributed by atoms with Gasteiger partial charge in [-0.3, -0.25) is 4.79 Å². The summed E-state index contributed by atoms with van der Waals surface area (Å²) in [7, 11) is 3.31. The van der Waals surface area contributed by atoms with Gasteiger partial charge in [-0.2, -0.15) is 0 Å². The first-order valence-corrected chi connectivity index (χ1v) is 8.92. The molecule has 0 bridgehead atoms. The van der Waals surface area contributed by atoms with Crippen molar-refractivity contribution in [3.05, 3.63) is 23.8 Å². The molecule has 1 amide bonds. The molecule has 2 rings (SSSR count). The third-order valence-electron chi connectivity index (χ3n) is 4.72. The van der Waals surface area contributed by atoms with E-state index < -0.39 is 0 Å². The van der Waals surface area contributed by atoms with Crippen molar-refractivity contribution in [1.82, 2.24) is 4.90 Å². The number of methoxy groups -OCH3 is 2. The first-order valence-electron chi connectivity index (χ1n) is 8.92. The molecule has 0 radical (unpaired) electrons. The number of ether oxygens (including phenoxy) is 2. The van der Waals surface area contributed by atoms with Gasteiger partial charge in [-0.15, -0.1) is 0 Å². The lowest BCUT2D eigenvalue weighted by atomic mass is 10.0. The van der Waals surface area contributed by atoms with Crippen LogP contribution >= 0.6 is 0 Å². The van der Waals surface area contributed by atoms with E-state index in [0.29, 0.717) is 6.42 Å². The maximum atomic E-state index is 12.6. The summed E-state index contributed by atoms with van der Waals surface area (Å²) in [5.41, 5.74) is 6.58. The Morgan fingerprint density at radius 2 is 2.00 bits per heavy atom. The van der Waals surface area contributed by atoms with Gasteiger partial charge in [0.25, 0.3) is 0 Å². The zero-order valence-corrected chi connectivity index (χ0v) is 14.9. The van der Waals surface area contributed by atoms with Gasteiger partial charge in [0.15, 0.2) is 0 Å². The fraction of sp³-hybridized carbons (Fsp3) is 0.632. The average molecular weight is 334 g/mol. The molecule has 5 heteroatoms. The molecule has 0 aromatic heterocycles. The fourth-order valence-electron chi connectivity index (χ4n) is 3.40. The van der Waals surface area contributed by atoms with Gasteiger partial charge in [-0.1, -0.05) is 12.8 Å². The summed E-state index contributed by atoms with van der Waals surface area (Å²) < 4.78 is 10.8. The number of benzene rings is 1. The molecule has 1 aliphatic rings. The highest BCUT2D eigenvalue weighted by atomic mass is 16.5. The Balaban J connectivity index is 2.00. The molecule has 0 spiro atoms. The number of likely N-dealkylation sites (tertiary alicyclic amines) is 1. The Morgan fingerprint density at radius 3 is 2.71 bits per heavy atom. The van der Waals surface area contributed by atoms with Crippen LogP contribution in [0.5, 0.6) is 11.5 Å². The molecule has 134 valence electrons. The third kappa shape index (κ3) is 4.63. The van der Waals surface area contributed by atoms with E-state index >= 15 is 0 Å². The number of carbonyl (C=O) groups is 1. The van der Waals surface area contributed by atoms with Gasteiger partial charge < -0.3 is 20.1 Å². The molecule has 1 aromatic carbocycles. The first-order chi connectivity index (χ1) is 11.7. The average Bonchev–Trinajstić information content (AvgIpc) is 3.10. The topological polar surface area (TPSA) is 64.8 Å². The van der Waals surface area contributed by atoms with Crippen molar-refractivity contribution in [1.29, 1.82) is 0 Å². The minimum atomic E-state index is 0.113. The number of rotatable bonds is 9. The predicted molar refractivity (Wildman–Crippen MR) is 95.4 cm³/mol. The smallest absolute Gasteiger partial charge is 0.223 e. The summed E-state index contributed by atoms with van der Waals surface area (Å²) in [4.78, 5) is 14.6. The van der Waals surface area contributed by atoms with Crippen LogP contribution in [0.25, 0.3) is 0 Å². The number of unbranched alkanes of at least 4 members (excludes halogenated alkanes) is 3. The Hall–Kier alpha value is -1.75. The number of carbonyl (C=O) groups excluding carboxylic acids is 1. The Labute approximate surface area is 145 Å². The summed E-state index contributed by atoms with van der Waals surface area (Å²) in [5, 5.41) is 0. The van der Waals surface area contributed by atoms with E-state index in [0.717, 1.165) is 68.7 Å². The Kier molecular flexibility index (Phi) is 7.37. The number of amides is 1. The van der Waals surface area contributed by atoms with Crippen LogP contribution < -0.4 is 15.2 Å². The van der Waals surface area contributed by atoms with E-state index in [1.54, 1.807) is 14.2 Å². The van der Waals surface area contributed by atoms with Crippen molar-refractivity contribution in [3.63, 3.8) is 0 Å². The van der Waals surface area contributed by atoms with Crippen LogP contribution in [-0.4, -0.2) is 38.1 Å². The maximum absolute atomic E-state index is 12.6. The van der Waals surface area contributed by atoms with Crippen molar-refractivity contribution in [2.75, 3.05) is 27.3 Å². The van der Waals surface area contributed by atoms with E-state index in [-0.39, 0.29) is 11.9 Å². The van der Waals surface area contributed by atoms with Crippen molar-refractivity contribution in [3.8, 4) is 11.5 Å². The Morgan fingerprint density at radius 1 is 1.21 bits per heavy atom. The van der Waals surface area contributed by atoms with Crippen LogP contribution in [0.2, 0.25) is 0 Å². The quantitative estimate of drug-likeness (QED) is 0.704. The second-order valence-corrected chi connectivity index (χ2v) is 6.31. The maximum Gasteiger partial charge on any atom is 0.223 e. The van der Waals surface area contributed by atoms with Gasteiger partial charge in [0.05, 0.1) is 20.3 Å². The predicted octanol–water partition coefficient (Wildman–Crippen LogP) is 3.28. The van der Waals surface area contributed by atoms with Crippen molar-refractivity contribution in [2.45, 2.75) is 51.0 Å². The lowest BCUT2D eigenvalue weighted by Crippen LogP contribution is -2.30. The van der Waals surface area contributed by atoms with E-state index in [9.17, 15) is 4.79 Å². The van der Waals surface area contributed by atoms with Crippen LogP contribution in [0, 0.1) is 0 Å². The zero-order valence-electron chi connectivity index (χ0n) is 14.9. The van der Waals surface area contributed by atoms with Gasteiger partial charge in [-0.25, -0.2) is 0 Å². The van der Waals surface area contributed by atoms with Crippen LogP contribution in [0.4, 0.5) is 0 Å². The molecule has 24 heavy (non-hydrogen) atoms. The molecule has 1 aromatic rings. The summed E-state index contributed by atoms with van der Waals surface area (Å²) in [6, 6.07) is 5.96. The molecule has 1 unspecified atom stereocenters. The zero-order chi connectivity index (χ0) is 17.4. The number of hydrogen-bond acceptors (Lipinski definition) is 4.